The van der Waals surface area contributed by atoms with E-state index in [0.717, 1.165) is 5.56 Å². The molecule has 0 saturated heterocycles. The van der Waals surface area contributed by atoms with Crippen LogP contribution in [-0.2, 0) is 11.3 Å². The topological polar surface area (TPSA) is 71.7 Å². The molecule has 1 unspecified atom stereocenters. The SMILES string of the molecule is CCOC(=O)c1ccc(CNCC(O)c2ccsc2)o1. The summed E-state index contributed by atoms with van der Waals surface area (Å²) >= 11 is 1.55. The Morgan fingerprint density at radius 2 is 2.35 bits per heavy atom. The lowest BCUT2D eigenvalue weighted by Gasteiger charge is -2.09. The molecule has 0 aromatic carbocycles. The third kappa shape index (κ3) is 3.93. The molecule has 6 heteroatoms. The number of hydrogen-bond donors (Lipinski definition) is 2. The minimum atomic E-state index is -0.541. The normalized spacial score (nSPS) is 12.3. The first-order chi connectivity index (χ1) is 9.70. The average molecular weight is 295 g/mol. The second-order valence-corrected chi connectivity index (χ2v) is 4.97. The lowest BCUT2D eigenvalue weighted by Crippen LogP contribution is -2.20. The first kappa shape index (κ1) is 14.8. The van der Waals surface area contributed by atoms with Crippen molar-refractivity contribution in [3.8, 4) is 0 Å². The monoisotopic (exact) mass is 295 g/mol. The molecule has 20 heavy (non-hydrogen) atoms. The van der Waals surface area contributed by atoms with E-state index in [2.05, 4.69) is 5.32 Å². The highest BCUT2D eigenvalue weighted by molar-refractivity contribution is 7.07. The molecule has 0 aliphatic carbocycles. The Hall–Kier alpha value is -1.63. The number of nitrogens with one attached hydrogen (secondary N) is 1. The van der Waals surface area contributed by atoms with Crippen molar-refractivity contribution in [2.24, 2.45) is 0 Å². The number of esters is 1. The molecule has 2 aromatic rings. The minimum absolute atomic E-state index is 0.196. The highest BCUT2D eigenvalue weighted by Crippen LogP contribution is 2.15. The third-order valence-corrected chi connectivity index (χ3v) is 3.40. The zero-order chi connectivity index (χ0) is 14.4. The number of aliphatic hydroxyl groups is 1. The fraction of sp³-hybridized carbons (Fsp3) is 0.357. The van der Waals surface area contributed by atoms with Gasteiger partial charge in [-0.3, -0.25) is 0 Å². The van der Waals surface area contributed by atoms with Crippen molar-refractivity contribution in [3.05, 3.63) is 46.0 Å². The van der Waals surface area contributed by atoms with Crippen molar-refractivity contribution in [2.75, 3.05) is 13.2 Å². The third-order valence-electron chi connectivity index (χ3n) is 2.70. The van der Waals surface area contributed by atoms with Gasteiger partial charge in [0.05, 0.1) is 19.3 Å². The van der Waals surface area contributed by atoms with Crippen molar-refractivity contribution < 1.29 is 19.1 Å². The van der Waals surface area contributed by atoms with E-state index in [1.165, 1.54) is 0 Å². The summed E-state index contributed by atoms with van der Waals surface area (Å²) in [4.78, 5) is 11.4. The molecular weight excluding hydrogens is 278 g/mol. The maximum atomic E-state index is 11.4. The van der Waals surface area contributed by atoms with Crippen LogP contribution in [0.1, 0.15) is 34.9 Å². The van der Waals surface area contributed by atoms with Crippen LogP contribution in [0, 0.1) is 0 Å². The number of ether oxygens (including phenoxy) is 1. The fourth-order valence-electron chi connectivity index (χ4n) is 1.70. The van der Waals surface area contributed by atoms with Crippen LogP contribution in [0.3, 0.4) is 0 Å². The summed E-state index contributed by atoms with van der Waals surface area (Å²) in [6.45, 7) is 2.93. The van der Waals surface area contributed by atoms with Crippen molar-refractivity contribution in [2.45, 2.75) is 19.6 Å². The van der Waals surface area contributed by atoms with Crippen LogP contribution < -0.4 is 5.32 Å². The van der Waals surface area contributed by atoms with Gasteiger partial charge in [0.1, 0.15) is 5.76 Å². The van der Waals surface area contributed by atoms with Crippen molar-refractivity contribution in [3.63, 3.8) is 0 Å². The van der Waals surface area contributed by atoms with Gasteiger partial charge in [0.2, 0.25) is 5.76 Å². The highest BCUT2D eigenvalue weighted by atomic mass is 32.1. The molecule has 2 aromatic heterocycles. The summed E-state index contributed by atoms with van der Waals surface area (Å²) in [5.41, 5.74) is 0.897. The molecule has 0 aliphatic rings. The van der Waals surface area contributed by atoms with Gasteiger partial charge in [-0.25, -0.2) is 4.79 Å². The Morgan fingerprint density at radius 3 is 3.05 bits per heavy atom. The lowest BCUT2D eigenvalue weighted by molar-refractivity contribution is 0.0487. The molecule has 0 spiro atoms. The molecule has 0 fully saturated rings. The Morgan fingerprint density at radius 1 is 1.50 bits per heavy atom. The van der Waals surface area contributed by atoms with Gasteiger partial charge in [-0.2, -0.15) is 11.3 Å². The highest BCUT2D eigenvalue weighted by Gasteiger charge is 2.12. The molecule has 0 saturated carbocycles. The fourth-order valence-corrected chi connectivity index (χ4v) is 2.41. The predicted molar refractivity (Wildman–Crippen MR) is 75.7 cm³/mol. The van der Waals surface area contributed by atoms with Crippen LogP contribution >= 0.6 is 11.3 Å². The number of furan rings is 1. The number of thiophene rings is 1. The van der Waals surface area contributed by atoms with Gasteiger partial charge in [0, 0.05) is 6.54 Å². The van der Waals surface area contributed by atoms with E-state index < -0.39 is 12.1 Å². The van der Waals surface area contributed by atoms with E-state index >= 15 is 0 Å². The smallest absolute Gasteiger partial charge is 0.374 e. The van der Waals surface area contributed by atoms with E-state index in [4.69, 9.17) is 9.15 Å². The summed E-state index contributed by atoms with van der Waals surface area (Å²) in [6.07, 6.45) is -0.541. The van der Waals surface area contributed by atoms with E-state index in [0.29, 0.717) is 25.5 Å². The van der Waals surface area contributed by atoms with Crippen LogP contribution in [0.4, 0.5) is 0 Å². The zero-order valence-corrected chi connectivity index (χ0v) is 12.0. The van der Waals surface area contributed by atoms with Crippen LogP contribution in [0.5, 0.6) is 0 Å². The van der Waals surface area contributed by atoms with E-state index in [-0.39, 0.29) is 5.76 Å². The number of aliphatic hydroxyl groups excluding tert-OH is 1. The van der Waals surface area contributed by atoms with Crippen molar-refractivity contribution >= 4 is 17.3 Å². The molecule has 0 amide bonds. The summed E-state index contributed by atoms with van der Waals surface area (Å²) < 4.78 is 10.2. The van der Waals surface area contributed by atoms with Crippen molar-refractivity contribution in [1.82, 2.24) is 5.32 Å². The maximum absolute atomic E-state index is 11.4. The summed E-state index contributed by atoms with van der Waals surface area (Å²) in [5, 5.41) is 16.8. The lowest BCUT2D eigenvalue weighted by atomic mass is 10.2. The molecule has 2 rings (SSSR count). The maximum Gasteiger partial charge on any atom is 0.374 e. The molecule has 2 N–H and O–H groups in total. The van der Waals surface area contributed by atoms with Crippen LogP contribution in [0.25, 0.3) is 0 Å². The minimum Gasteiger partial charge on any atom is -0.460 e. The number of rotatable bonds is 7. The van der Waals surface area contributed by atoms with E-state index in [1.54, 1.807) is 30.4 Å². The number of carbonyl (C=O) groups is 1. The van der Waals surface area contributed by atoms with E-state index in [1.807, 2.05) is 16.8 Å². The largest absolute Gasteiger partial charge is 0.460 e. The van der Waals surface area contributed by atoms with Crippen LogP contribution in [0.2, 0.25) is 0 Å². The van der Waals surface area contributed by atoms with Gasteiger partial charge in [0.25, 0.3) is 0 Å². The Labute approximate surface area is 121 Å². The molecule has 0 aliphatic heterocycles. The predicted octanol–water partition coefficient (Wildman–Crippen LogP) is 2.34. The van der Waals surface area contributed by atoms with Gasteiger partial charge >= 0.3 is 5.97 Å². The average Bonchev–Trinajstić information content (AvgIpc) is 3.10. The summed E-state index contributed by atoms with van der Waals surface area (Å²) in [6, 6.07) is 5.20. The van der Waals surface area contributed by atoms with E-state index in [9.17, 15) is 9.90 Å². The van der Waals surface area contributed by atoms with Crippen LogP contribution in [-0.4, -0.2) is 24.2 Å². The van der Waals surface area contributed by atoms with Gasteiger partial charge in [-0.05, 0) is 41.4 Å². The standard InChI is InChI=1S/C14H17NO4S/c1-2-18-14(17)13-4-3-11(19-13)7-15-8-12(16)10-5-6-20-9-10/h3-6,9,12,15-16H,2,7-8H2,1H3. The molecule has 1 atom stereocenters. The zero-order valence-electron chi connectivity index (χ0n) is 11.2. The number of hydrogen-bond acceptors (Lipinski definition) is 6. The van der Waals surface area contributed by atoms with Gasteiger partial charge in [0.15, 0.2) is 0 Å². The molecule has 5 nitrogen and oxygen atoms in total. The molecule has 108 valence electrons. The Bertz CT molecular complexity index is 535. The Kier molecular flexibility index (Phi) is 5.34. The first-order valence-corrected chi connectivity index (χ1v) is 7.31. The first-order valence-electron chi connectivity index (χ1n) is 6.37. The second-order valence-electron chi connectivity index (χ2n) is 4.19. The quantitative estimate of drug-likeness (QED) is 0.767. The Balaban J connectivity index is 1.78. The van der Waals surface area contributed by atoms with Crippen molar-refractivity contribution in [1.29, 1.82) is 0 Å². The molecule has 2 heterocycles. The molecule has 0 radical (unpaired) electrons. The van der Waals surface area contributed by atoms with Gasteiger partial charge < -0.3 is 19.6 Å². The van der Waals surface area contributed by atoms with Crippen LogP contribution in [0.15, 0.2) is 33.4 Å². The van der Waals surface area contributed by atoms with Gasteiger partial charge in [-0.15, -0.1) is 0 Å². The molecular formula is C14H17NO4S. The molecule has 0 bridgehead atoms. The summed E-state index contributed by atoms with van der Waals surface area (Å²) in [5.74, 6) is 0.365. The van der Waals surface area contributed by atoms with Gasteiger partial charge in [-0.1, -0.05) is 0 Å². The summed E-state index contributed by atoms with van der Waals surface area (Å²) in [7, 11) is 0. The number of carbonyl (C=O) groups excluding carboxylic acids is 1. The second kappa shape index (κ2) is 7.23.